The number of imidazole rings is 1. The third-order valence-electron chi connectivity index (χ3n) is 2.71. The van der Waals surface area contributed by atoms with E-state index in [9.17, 15) is 19.1 Å². The smallest absolute Gasteiger partial charge is 0.356 e. The number of carbonyl (C=O) groups excluding carboxylic acids is 1. The molecule has 2 rings (SSSR count). The molecule has 0 saturated carbocycles. The van der Waals surface area contributed by atoms with Crippen LogP contribution in [0.25, 0.3) is 0 Å². The Labute approximate surface area is 118 Å². The summed E-state index contributed by atoms with van der Waals surface area (Å²) in [6, 6.07) is 3.08. The predicted molar refractivity (Wildman–Crippen MR) is 69.6 cm³/mol. The molecule has 110 valence electrons. The van der Waals surface area contributed by atoms with E-state index in [2.05, 4.69) is 10.3 Å². The number of hydrogen-bond donors (Lipinski definition) is 3. The van der Waals surface area contributed by atoms with Gasteiger partial charge in [-0.25, -0.2) is 14.2 Å². The van der Waals surface area contributed by atoms with Crippen LogP contribution in [0.3, 0.4) is 0 Å². The van der Waals surface area contributed by atoms with Crippen LogP contribution >= 0.6 is 0 Å². The minimum Gasteiger partial charge on any atom is -0.507 e. The number of amides is 1. The molecule has 0 fully saturated rings. The highest BCUT2D eigenvalue weighted by Crippen LogP contribution is 2.17. The summed E-state index contributed by atoms with van der Waals surface area (Å²) in [6.07, 6.45) is 2.66. The van der Waals surface area contributed by atoms with Gasteiger partial charge in [-0.3, -0.25) is 4.79 Å². The summed E-state index contributed by atoms with van der Waals surface area (Å²) in [5.41, 5.74) is -0.254. The fourth-order valence-electron chi connectivity index (χ4n) is 1.68. The van der Waals surface area contributed by atoms with Crippen molar-refractivity contribution in [3.63, 3.8) is 0 Å². The van der Waals surface area contributed by atoms with Crippen molar-refractivity contribution in [2.75, 3.05) is 6.54 Å². The van der Waals surface area contributed by atoms with Gasteiger partial charge in [-0.2, -0.15) is 0 Å². The van der Waals surface area contributed by atoms with Crippen molar-refractivity contribution in [2.45, 2.75) is 6.54 Å². The number of carboxylic acids is 1. The molecule has 0 radical (unpaired) electrons. The minimum absolute atomic E-state index is 0.0934. The maximum absolute atomic E-state index is 13.0. The third kappa shape index (κ3) is 3.56. The molecule has 3 N–H and O–H groups in total. The molecule has 0 aliphatic carbocycles. The number of hydrogen-bond acceptors (Lipinski definition) is 4. The van der Waals surface area contributed by atoms with E-state index in [0.717, 1.165) is 18.2 Å². The summed E-state index contributed by atoms with van der Waals surface area (Å²) in [5, 5.41) is 20.7. The van der Waals surface area contributed by atoms with Gasteiger partial charge in [0.1, 0.15) is 11.6 Å². The molecule has 8 heteroatoms. The number of carbonyl (C=O) groups is 2. The molecule has 1 aromatic heterocycles. The van der Waals surface area contributed by atoms with Gasteiger partial charge in [-0.05, 0) is 18.2 Å². The maximum atomic E-state index is 13.0. The molecule has 0 saturated heterocycles. The third-order valence-corrected chi connectivity index (χ3v) is 2.71. The highest BCUT2D eigenvalue weighted by Gasteiger charge is 2.12. The molecule has 1 aromatic carbocycles. The first-order valence-corrected chi connectivity index (χ1v) is 5.99. The summed E-state index contributed by atoms with van der Waals surface area (Å²) in [6.45, 7) is 0.465. The number of aromatic nitrogens is 2. The molecule has 0 bridgehead atoms. The second-order valence-corrected chi connectivity index (χ2v) is 4.22. The van der Waals surface area contributed by atoms with Gasteiger partial charge < -0.3 is 20.1 Å². The summed E-state index contributed by atoms with van der Waals surface area (Å²) in [5.74, 6) is -2.70. The molecule has 0 unspecified atom stereocenters. The fraction of sp³-hybridized carbons (Fsp3) is 0.154. The number of phenolic OH excluding ortho intramolecular Hbond substituents is 1. The van der Waals surface area contributed by atoms with Gasteiger partial charge in [0.25, 0.3) is 5.91 Å². The van der Waals surface area contributed by atoms with Crippen LogP contribution in [0.5, 0.6) is 5.75 Å². The molecule has 2 aromatic rings. The number of phenols is 1. The standard InChI is InChI=1S/C13H12FN3O4/c14-8-1-2-11(18)9(5-8)12(19)15-3-4-17-6-10(13(20)21)16-7-17/h1-2,5-7,18H,3-4H2,(H,15,19)(H,20,21). The molecule has 0 aliphatic rings. The van der Waals surface area contributed by atoms with Gasteiger partial charge in [0.2, 0.25) is 0 Å². The number of nitrogens with zero attached hydrogens (tertiary/aromatic N) is 2. The molecule has 7 nitrogen and oxygen atoms in total. The normalized spacial score (nSPS) is 10.3. The van der Waals surface area contributed by atoms with Crippen LogP contribution in [0.4, 0.5) is 4.39 Å². The molecule has 1 heterocycles. The van der Waals surface area contributed by atoms with Crippen molar-refractivity contribution >= 4 is 11.9 Å². The highest BCUT2D eigenvalue weighted by atomic mass is 19.1. The van der Waals surface area contributed by atoms with Crippen LogP contribution in [0, 0.1) is 5.82 Å². The Morgan fingerprint density at radius 3 is 2.81 bits per heavy atom. The lowest BCUT2D eigenvalue weighted by Crippen LogP contribution is -2.27. The number of carboxylic acid groups (broad SMARTS) is 1. The number of halogens is 1. The van der Waals surface area contributed by atoms with E-state index in [4.69, 9.17) is 5.11 Å². The molecular weight excluding hydrogens is 281 g/mol. The van der Waals surface area contributed by atoms with Gasteiger partial charge in [-0.15, -0.1) is 0 Å². The van der Waals surface area contributed by atoms with Gasteiger partial charge >= 0.3 is 5.97 Å². The summed E-state index contributed by atoms with van der Waals surface area (Å²) in [7, 11) is 0. The van der Waals surface area contributed by atoms with Crippen LogP contribution in [-0.2, 0) is 6.54 Å². The van der Waals surface area contributed by atoms with Crippen molar-refractivity contribution in [2.24, 2.45) is 0 Å². The summed E-state index contributed by atoms with van der Waals surface area (Å²) < 4.78 is 14.5. The van der Waals surface area contributed by atoms with Crippen molar-refractivity contribution in [3.8, 4) is 5.75 Å². The number of nitrogens with one attached hydrogen (secondary N) is 1. The Kier molecular flexibility index (Phi) is 4.17. The zero-order valence-corrected chi connectivity index (χ0v) is 10.8. The molecular formula is C13H12FN3O4. The van der Waals surface area contributed by atoms with E-state index in [1.807, 2.05) is 0 Å². The van der Waals surface area contributed by atoms with E-state index in [1.165, 1.54) is 17.1 Å². The van der Waals surface area contributed by atoms with E-state index in [0.29, 0.717) is 6.54 Å². The minimum atomic E-state index is -1.14. The Hall–Kier alpha value is -2.90. The van der Waals surface area contributed by atoms with E-state index in [1.54, 1.807) is 0 Å². The largest absolute Gasteiger partial charge is 0.507 e. The number of aromatic hydroxyl groups is 1. The summed E-state index contributed by atoms with van der Waals surface area (Å²) >= 11 is 0. The lowest BCUT2D eigenvalue weighted by atomic mass is 10.2. The molecule has 0 spiro atoms. The Morgan fingerprint density at radius 1 is 1.38 bits per heavy atom. The number of benzene rings is 1. The summed E-state index contributed by atoms with van der Waals surface area (Å²) in [4.78, 5) is 26.1. The number of aromatic carboxylic acids is 1. The van der Waals surface area contributed by atoms with Gasteiger partial charge in [0, 0.05) is 19.3 Å². The van der Waals surface area contributed by atoms with Gasteiger partial charge in [0.15, 0.2) is 5.69 Å². The fourth-order valence-corrected chi connectivity index (χ4v) is 1.68. The zero-order valence-electron chi connectivity index (χ0n) is 10.8. The van der Waals surface area contributed by atoms with E-state index in [-0.39, 0.29) is 23.6 Å². The van der Waals surface area contributed by atoms with Crippen LogP contribution < -0.4 is 5.32 Å². The first kappa shape index (κ1) is 14.5. The van der Waals surface area contributed by atoms with Crippen molar-refractivity contribution < 1.29 is 24.2 Å². The molecule has 1 amide bonds. The van der Waals surface area contributed by atoms with Crippen molar-refractivity contribution in [1.82, 2.24) is 14.9 Å². The van der Waals surface area contributed by atoms with E-state index < -0.39 is 17.7 Å². The van der Waals surface area contributed by atoms with Crippen LogP contribution in [-0.4, -0.2) is 38.2 Å². The lowest BCUT2D eigenvalue weighted by Gasteiger charge is -2.07. The second-order valence-electron chi connectivity index (χ2n) is 4.22. The topological polar surface area (TPSA) is 104 Å². The average Bonchev–Trinajstić information content (AvgIpc) is 2.90. The van der Waals surface area contributed by atoms with Crippen LogP contribution in [0.15, 0.2) is 30.7 Å². The highest BCUT2D eigenvalue weighted by molar-refractivity contribution is 5.96. The first-order valence-electron chi connectivity index (χ1n) is 5.99. The average molecular weight is 293 g/mol. The van der Waals surface area contributed by atoms with Gasteiger partial charge in [-0.1, -0.05) is 0 Å². The second kappa shape index (κ2) is 6.04. The number of rotatable bonds is 5. The Morgan fingerprint density at radius 2 is 2.14 bits per heavy atom. The first-order chi connectivity index (χ1) is 9.97. The quantitative estimate of drug-likeness (QED) is 0.758. The Bertz CT molecular complexity index is 684. The maximum Gasteiger partial charge on any atom is 0.356 e. The monoisotopic (exact) mass is 293 g/mol. The van der Waals surface area contributed by atoms with E-state index >= 15 is 0 Å². The van der Waals surface area contributed by atoms with Crippen LogP contribution in [0.2, 0.25) is 0 Å². The van der Waals surface area contributed by atoms with Gasteiger partial charge in [0.05, 0.1) is 11.9 Å². The molecule has 21 heavy (non-hydrogen) atoms. The van der Waals surface area contributed by atoms with Crippen molar-refractivity contribution in [1.29, 1.82) is 0 Å². The molecule has 0 aliphatic heterocycles. The molecule has 0 atom stereocenters. The lowest BCUT2D eigenvalue weighted by molar-refractivity contribution is 0.0690. The van der Waals surface area contributed by atoms with Crippen molar-refractivity contribution in [3.05, 3.63) is 47.8 Å². The predicted octanol–water partition coefficient (Wildman–Crippen LogP) is 0.856. The SMILES string of the molecule is O=C(O)c1cn(CCNC(=O)c2cc(F)ccc2O)cn1. The Balaban J connectivity index is 1.92. The zero-order chi connectivity index (χ0) is 15.4. The van der Waals surface area contributed by atoms with Crippen LogP contribution in [0.1, 0.15) is 20.8 Å².